The highest BCUT2D eigenvalue weighted by Gasteiger charge is 2.12. The molecule has 1 amide bonds. The van der Waals surface area contributed by atoms with Gasteiger partial charge in [-0.1, -0.05) is 12.1 Å². The highest BCUT2D eigenvalue weighted by molar-refractivity contribution is 6.09. The third kappa shape index (κ3) is 5.51. The van der Waals surface area contributed by atoms with Crippen molar-refractivity contribution in [2.45, 2.75) is 20.0 Å². The Hall–Kier alpha value is -3.46. The quantitative estimate of drug-likeness (QED) is 0.591. The maximum atomic E-state index is 12.4. The summed E-state index contributed by atoms with van der Waals surface area (Å²) in [7, 11) is 3.08. The van der Waals surface area contributed by atoms with Crippen LogP contribution < -0.4 is 19.5 Å². The predicted molar refractivity (Wildman–Crippen MR) is 104 cm³/mol. The van der Waals surface area contributed by atoms with Crippen LogP contribution in [0.25, 0.3) is 6.08 Å². The summed E-state index contributed by atoms with van der Waals surface area (Å²) in [5.74, 6) is 1.24. The van der Waals surface area contributed by atoms with Crippen molar-refractivity contribution in [1.82, 2.24) is 0 Å². The lowest BCUT2D eigenvalue weighted by atomic mass is 10.1. The third-order valence-electron chi connectivity index (χ3n) is 3.55. The molecule has 0 aliphatic carbocycles. The lowest BCUT2D eigenvalue weighted by molar-refractivity contribution is -0.112. The number of rotatable bonds is 7. The molecule has 0 atom stereocenters. The fraction of sp³-hybridized carbons (Fsp3) is 0.238. The molecule has 2 aromatic carbocycles. The molecule has 6 nitrogen and oxygen atoms in total. The van der Waals surface area contributed by atoms with Crippen LogP contribution in [0.3, 0.4) is 0 Å². The van der Waals surface area contributed by atoms with E-state index in [0.717, 1.165) is 0 Å². The van der Waals surface area contributed by atoms with E-state index >= 15 is 0 Å². The molecule has 0 bridgehead atoms. The topological polar surface area (TPSA) is 80.6 Å². The molecular weight excluding hydrogens is 344 g/mol. The van der Waals surface area contributed by atoms with E-state index in [4.69, 9.17) is 14.2 Å². The molecule has 0 saturated heterocycles. The second-order valence-corrected chi connectivity index (χ2v) is 5.93. The van der Waals surface area contributed by atoms with Gasteiger partial charge < -0.3 is 19.5 Å². The summed E-state index contributed by atoms with van der Waals surface area (Å²) in [4.78, 5) is 12.4. The van der Waals surface area contributed by atoms with Crippen LogP contribution in [0.2, 0.25) is 0 Å². The van der Waals surface area contributed by atoms with E-state index in [0.29, 0.717) is 28.5 Å². The van der Waals surface area contributed by atoms with Crippen LogP contribution in [-0.4, -0.2) is 26.2 Å². The van der Waals surface area contributed by atoms with E-state index < -0.39 is 5.91 Å². The lowest BCUT2D eigenvalue weighted by Crippen LogP contribution is -2.13. The van der Waals surface area contributed by atoms with E-state index in [-0.39, 0.29) is 11.7 Å². The first-order valence-electron chi connectivity index (χ1n) is 8.38. The molecule has 0 heterocycles. The fourth-order valence-electron chi connectivity index (χ4n) is 2.34. The molecule has 0 unspecified atom stereocenters. The van der Waals surface area contributed by atoms with Gasteiger partial charge in [-0.3, -0.25) is 4.79 Å². The van der Waals surface area contributed by atoms with Crippen LogP contribution >= 0.6 is 0 Å². The van der Waals surface area contributed by atoms with Crippen LogP contribution in [0.1, 0.15) is 19.4 Å². The minimum atomic E-state index is -0.507. The molecule has 27 heavy (non-hydrogen) atoms. The van der Waals surface area contributed by atoms with Gasteiger partial charge >= 0.3 is 0 Å². The predicted octanol–water partition coefficient (Wildman–Crippen LogP) is 4.04. The SMILES string of the molecule is COc1cccc(NC(=O)/C(C#N)=C/c2ccc(OC(C)C)c(OC)c2)c1. The Bertz CT molecular complexity index is 882. The second kappa shape index (κ2) is 9.30. The van der Waals surface area contributed by atoms with Gasteiger partial charge in [-0.15, -0.1) is 0 Å². The number of benzene rings is 2. The summed E-state index contributed by atoms with van der Waals surface area (Å²) in [6.07, 6.45) is 1.50. The molecule has 2 aromatic rings. The lowest BCUT2D eigenvalue weighted by Gasteiger charge is -2.14. The first-order valence-corrected chi connectivity index (χ1v) is 8.38. The summed E-state index contributed by atoms with van der Waals surface area (Å²) in [6, 6.07) is 14.1. The number of hydrogen-bond acceptors (Lipinski definition) is 5. The van der Waals surface area contributed by atoms with Gasteiger partial charge in [0.25, 0.3) is 5.91 Å². The van der Waals surface area contributed by atoms with E-state index in [1.165, 1.54) is 13.2 Å². The molecule has 0 aliphatic rings. The number of carbonyl (C=O) groups is 1. The third-order valence-corrected chi connectivity index (χ3v) is 3.55. The van der Waals surface area contributed by atoms with Crippen molar-refractivity contribution >= 4 is 17.7 Å². The second-order valence-electron chi connectivity index (χ2n) is 5.93. The number of nitrogens with zero attached hydrogens (tertiary/aromatic N) is 1. The molecule has 0 spiro atoms. The Kier molecular flexibility index (Phi) is 6.84. The minimum absolute atomic E-state index is 0.00334. The number of ether oxygens (including phenoxy) is 3. The Morgan fingerprint density at radius 2 is 1.89 bits per heavy atom. The summed E-state index contributed by atoms with van der Waals surface area (Å²) < 4.78 is 16.1. The molecule has 1 N–H and O–H groups in total. The van der Waals surface area contributed by atoms with Crippen LogP contribution in [-0.2, 0) is 4.79 Å². The molecule has 0 saturated carbocycles. The molecule has 0 aromatic heterocycles. The highest BCUT2D eigenvalue weighted by atomic mass is 16.5. The Morgan fingerprint density at radius 1 is 1.11 bits per heavy atom. The zero-order valence-corrected chi connectivity index (χ0v) is 15.8. The standard InChI is InChI=1S/C21H22N2O4/c1-14(2)27-19-9-8-15(11-20(19)26-4)10-16(13-22)21(24)23-17-6-5-7-18(12-17)25-3/h5-12,14H,1-4H3,(H,23,24)/b16-10+. The molecular formula is C21H22N2O4. The van der Waals surface area contributed by atoms with Crippen molar-refractivity contribution in [3.8, 4) is 23.3 Å². The normalized spacial score (nSPS) is 10.9. The van der Waals surface area contributed by atoms with Crippen molar-refractivity contribution in [2.24, 2.45) is 0 Å². The number of anilines is 1. The minimum Gasteiger partial charge on any atom is -0.497 e. The summed E-state index contributed by atoms with van der Waals surface area (Å²) in [5, 5.41) is 12.1. The largest absolute Gasteiger partial charge is 0.497 e. The summed E-state index contributed by atoms with van der Waals surface area (Å²) >= 11 is 0. The zero-order valence-electron chi connectivity index (χ0n) is 15.8. The Labute approximate surface area is 159 Å². The first kappa shape index (κ1) is 19.9. The number of nitriles is 1. The molecule has 0 radical (unpaired) electrons. The maximum Gasteiger partial charge on any atom is 0.266 e. The fourth-order valence-corrected chi connectivity index (χ4v) is 2.34. The number of carbonyl (C=O) groups excluding carboxylic acids is 1. The van der Waals surface area contributed by atoms with E-state index in [1.54, 1.807) is 49.6 Å². The van der Waals surface area contributed by atoms with Crippen molar-refractivity contribution in [2.75, 3.05) is 19.5 Å². The molecule has 140 valence electrons. The van der Waals surface area contributed by atoms with Gasteiger partial charge in [0.05, 0.1) is 20.3 Å². The van der Waals surface area contributed by atoms with Gasteiger partial charge in [-0.25, -0.2) is 0 Å². The van der Waals surface area contributed by atoms with Crippen molar-refractivity contribution in [1.29, 1.82) is 5.26 Å². The number of nitrogens with one attached hydrogen (secondary N) is 1. The van der Waals surface area contributed by atoms with Gasteiger partial charge in [0.1, 0.15) is 17.4 Å². The average Bonchev–Trinajstić information content (AvgIpc) is 2.66. The van der Waals surface area contributed by atoms with Gasteiger partial charge in [0.2, 0.25) is 0 Å². The molecule has 0 fully saturated rings. The van der Waals surface area contributed by atoms with Crippen LogP contribution in [0, 0.1) is 11.3 Å². The van der Waals surface area contributed by atoms with Gasteiger partial charge in [0.15, 0.2) is 11.5 Å². The average molecular weight is 366 g/mol. The number of methoxy groups -OCH3 is 2. The Morgan fingerprint density at radius 3 is 2.52 bits per heavy atom. The Balaban J connectivity index is 2.24. The zero-order chi connectivity index (χ0) is 19.8. The van der Waals surface area contributed by atoms with E-state index in [1.807, 2.05) is 19.9 Å². The van der Waals surface area contributed by atoms with Crippen molar-refractivity contribution < 1.29 is 19.0 Å². The van der Waals surface area contributed by atoms with E-state index in [2.05, 4.69) is 5.32 Å². The monoisotopic (exact) mass is 366 g/mol. The molecule has 6 heteroatoms. The summed E-state index contributed by atoms with van der Waals surface area (Å²) in [6.45, 7) is 3.84. The van der Waals surface area contributed by atoms with E-state index in [9.17, 15) is 10.1 Å². The highest BCUT2D eigenvalue weighted by Crippen LogP contribution is 2.30. The number of hydrogen-bond donors (Lipinski definition) is 1. The van der Waals surface area contributed by atoms with Crippen LogP contribution in [0.5, 0.6) is 17.2 Å². The van der Waals surface area contributed by atoms with Crippen LogP contribution in [0.15, 0.2) is 48.0 Å². The maximum absolute atomic E-state index is 12.4. The smallest absolute Gasteiger partial charge is 0.266 e. The molecule has 2 rings (SSSR count). The first-order chi connectivity index (χ1) is 13.0. The van der Waals surface area contributed by atoms with Crippen molar-refractivity contribution in [3.63, 3.8) is 0 Å². The van der Waals surface area contributed by atoms with Crippen LogP contribution in [0.4, 0.5) is 5.69 Å². The molecule has 0 aliphatic heterocycles. The van der Waals surface area contributed by atoms with Gasteiger partial charge in [0, 0.05) is 11.8 Å². The van der Waals surface area contributed by atoms with Gasteiger partial charge in [-0.2, -0.15) is 5.26 Å². The van der Waals surface area contributed by atoms with Crippen molar-refractivity contribution in [3.05, 3.63) is 53.6 Å². The number of amides is 1. The summed E-state index contributed by atoms with van der Waals surface area (Å²) in [5.41, 5.74) is 1.16. The van der Waals surface area contributed by atoms with Gasteiger partial charge in [-0.05, 0) is 49.8 Å².